The van der Waals surface area contributed by atoms with Gasteiger partial charge < -0.3 is 4.90 Å². The summed E-state index contributed by atoms with van der Waals surface area (Å²) in [6, 6.07) is 8.92. The standard InChI is InChI=1S/C17H23NO/c1-4-13(5-2)17(19)18(3)16-11-10-14-8-6-7-9-15(14)12-16/h4,6-9,16H,5,10-12H2,1-3H3/b13-4+. The zero-order valence-electron chi connectivity index (χ0n) is 12.1. The molecule has 1 aliphatic carbocycles. The number of likely N-dealkylation sites (N-methyl/N-ethyl adjacent to an activating group) is 1. The van der Waals surface area contributed by atoms with Crippen LogP contribution >= 0.6 is 0 Å². The summed E-state index contributed by atoms with van der Waals surface area (Å²) in [5, 5.41) is 0. The first-order valence-corrected chi connectivity index (χ1v) is 7.16. The van der Waals surface area contributed by atoms with E-state index in [0.717, 1.165) is 31.3 Å². The molecule has 1 aliphatic rings. The first kappa shape index (κ1) is 13.9. The average molecular weight is 257 g/mol. The number of hydrogen-bond acceptors (Lipinski definition) is 1. The van der Waals surface area contributed by atoms with Gasteiger partial charge in [0, 0.05) is 18.7 Å². The van der Waals surface area contributed by atoms with Gasteiger partial charge in [0.15, 0.2) is 0 Å². The maximum atomic E-state index is 12.4. The quantitative estimate of drug-likeness (QED) is 0.760. The summed E-state index contributed by atoms with van der Waals surface area (Å²) >= 11 is 0. The van der Waals surface area contributed by atoms with Gasteiger partial charge >= 0.3 is 0 Å². The van der Waals surface area contributed by atoms with Crippen LogP contribution in [-0.2, 0) is 17.6 Å². The zero-order valence-corrected chi connectivity index (χ0v) is 12.1. The summed E-state index contributed by atoms with van der Waals surface area (Å²) in [6.45, 7) is 3.98. The van der Waals surface area contributed by atoms with Crippen LogP contribution in [-0.4, -0.2) is 23.9 Å². The Morgan fingerprint density at radius 1 is 1.37 bits per heavy atom. The predicted octanol–water partition coefficient (Wildman–Crippen LogP) is 3.36. The van der Waals surface area contributed by atoms with Gasteiger partial charge in [-0.1, -0.05) is 37.3 Å². The Labute approximate surface area is 116 Å². The Morgan fingerprint density at radius 3 is 2.68 bits per heavy atom. The molecule has 19 heavy (non-hydrogen) atoms. The monoisotopic (exact) mass is 257 g/mol. The lowest BCUT2D eigenvalue weighted by Crippen LogP contribution is -2.41. The smallest absolute Gasteiger partial charge is 0.249 e. The third kappa shape index (κ3) is 2.89. The molecule has 0 aromatic heterocycles. The van der Waals surface area contributed by atoms with Crippen molar-refractivity contribution in [3.63, 3.8) is 0 Å². The number of amides is 1. The van der Waals surface area contributed by atoms with E-state index >= 15 is 0 Å². The lowest BCUT2D eigenvalue weighted by Gasteiger charge is -2.33. The Bertz CT molecular complexity index is 490. The first-order valence-electron chi connectivity index (χ1n) is 7.16. The minimum absolute atomic E-state index is 0.189. The third-order valence-electron chi connectivity index (χ3n) is 4.19. The molecule has 0 saturated carbocycles. The fourth-order valence-electron chi connectivity index (χ4n) is 2.88. The molecule has 0 N–H and O–H groups in total. The lowest BCUT2D eigenvalue weighted by molar-refractivity contribution is -0.128. The molecule has 1 aromatic rings. The van der Waals surface area contributed by atoms with E-state index in [-0.39, 0.29) is 5.91 Å². The largest absolute Gasteiger partial charge is 0.339 e. The van der Waals surface area contributed by atoms with Crippen molar-refractivity contribution in [2.24, 2.45) is 0 Å². The Morgan fingerprint density at radius 2 is 2.05 bits per heavy atom. The molecule has 1 amide bonds. The van der Waals surface area contributed by atoms with E-state index in [1.807, 2.05) is 31.9 Å². The van der Waals surface area contributed by atoms with E-state index < -0.39 is 0 Å². The van der Waals surface area contributed by atoms with E-state index in [9.17, 15) is 4.79 Å². The van der Waals surface area contributed by atoms with Crippen LogP contribution < -0.4 is 0 Å². The zero-order chi connectivity index (χ0) is 13.8. The number of carbonyl (C=O) groups excluding carboxylic acids is 1. The van der Waals surface area contributed by atoms with Gasteiger partial charge in [0.1, 0.15) is 0 Å². The van der Waals surface area contributed by atoms with Crippen molar-refractivity contribution in [1.29, 1.82) is 0 Å². The summed E-state index contributed by atoms with van der Waals surface area (Å²) in [5.41, 5.74) is 3.76. The number of carbonyl (C=O) groups is 1. The molecule has 2 nitrogen and oxygen atoms in total. The molecule has 0 fully saturated rings. The van der Waals surface area contributed by atoms with Gasteiger partial charge in [-0.2, -0.15) is 0 Å². The van der Waals surface area contributed by atoms with E-state index in [4.69, 9.17) is 0 Å². The summed E-state index contributed by atoms with van der Waals surface area (Å²) in [7, 11) is 1.94. The van der Waals surface area contributed by atoms with Gasteiger partial charge in [-0.25, -0.2) is 0 Å². The number of fused-ring (bicyclic) bond motifs is 1. The Balaban J connectivity index is 2.10. The molecule has 0 aliphatic heterocycles. The van der Waals surface area contributed by atoms with Crippen LogP contribution in [0, 0.1) is 0 Å². The van der Waals surface area contributed by atoms with Crippen molar-refractivity contribution < 1.29 is 4.79 Å². The van der Waals surface area contributed by atoms with E-state index in [2.05, 4.69) is 24.3 Å². The maximum absolute atomic E-state index is 12.4. The molecule has 1 unspecified atom stereocenters. The van der Waals surface area contributed by atoms with Gasteiger partial charge in [0.2, 0.25) is 5.91 Å². The second-order valence-electron chi connectivity index (χ2n) is 5.25. The molecule has 0 spiro atoms. The summed E-state index contributed by atoms with van der Waals surface area (Å²) < 4.78 is 0. The SMILES string of the molecule is C/C=C(\CC)C(=O)N(C)C1CCc2ccccc2C1. The third-order valence-corrected chi connectivity index (χ3v) is 4.19. The highest BCUT2D eigenvalue weighted by atomic mass is 16.2. The van der Waals surface area contributed by atoms with Crippen LogP contribution in [0.1, 0.15) is 37.8 Å². The van der Waals surface area contributed by atoms with Crippen molar-refractivity contribution in [2.45, 2.75) is 45.6 Å². The highest BCUT2D eigenvalue weighted by Crippen LogP contribution is 2.24. The van der Waals surface area contributed by atoms with Crippen LogP contribution in [0.15, 0.2) is 35.9 Å². The topological polar surface area (TPSA) is 20.3 Å². The number of nitrogens with zero attached hydrogens (tertiary/aromatic N) is 1. The molecule has 2 rings (SSSR count). The lowest BCUT2D eigenvalue weighted by atomic mass is 9.87. The molecular formula is C17H23NO. The second-order valence-corrected chi connectivity index (χ2v) is 5.25. The molecular weight excluding hydrogens is 234 g/mol. The molecule has 0 radical (unpaired) electrons. The molecule has 0 heterocycles. The Kier molecular flexibility index (Phi) is 4.41. The molecule has 0 saturated heterocycles. The first-order chi connectivity index (χ1) is 9.17. The van der Waals surface area contributed by atoms with Crippen LogP contribution in [0.25, 0.3) is 0 Å². The summed E-state index contributed by atoms with van der Waals surface area (Å²) in [4.78, 5) is 14.3. The minimum Gasteiger partial charge on any atom is -0.339 e. The molecule has 2 heteroatoms. The van der Waals surface area contributed by atoms with Crippen LogP contribution in [0.4, 0.5) is 0 Å². The van der Waals surface area contributed by atoms with Crippen molar-refractivity contribution >= 4 is 5.91 Å². The maximum Gasteiger partial charge on any atom is 0.249 e. The summed E-state index contributed by atoms with van der Waals surface area (Å²) in [6.07, 6.45) is 5.88. The van der Waals surface area contributed by atoms with Crippen LogP contribution in [0.3, 0.4) is 0 Å². The number of allylic oxidation sites excluding steroid dienone is 1. The normalized spacial score (nSPS) is 18.9. The number of hydrogen-bond donors (Lipinski definition) is 0. The Hall–Kier alpha value is -1.57. The van der Waals surface area contributed by atoms with Crippen molar-refractivity contribution in [1.82, 2.24) is 4.90 Å². The van der Waals surface area contributed by atoms with Gasteiger partial charge in [-0.05, 0) is 43.7 Å². The van der Waals surface area contributed by atoms with E-state index in [0.29, 0.717) is 6.04 Å². The predicted molar refractivity (Wildman–Crippen MR) is 79.1 cm³/mol. The number of aryl methyl sites for hydroxylation is 1. The number of benzene rings is 1. The van der Waals surface area contributed by atoms with E-state index in [1.54, 1.807) is 0 Å². The molecule has 1 atom stereocenters. The fourth-order valence-corrected chi connectivity index (χ4v) is 2.88. The minimum atomic E-state index is 0.189. The van der Waals surface area contributed by atoms with Crippen LogP contribution in [0.5, 0.6) is 0 Å². The molecule has 0 bridgehead atoms. The summed E-state index contributed by atoms with van der Waals surface area (Å²) in [5.74, 6) is 0.189. The fraction of sp³-hybridized carbons (Fsp3) is 0.471. The number of rotatable bonds is 3. The van der Waals surface area contributed by atoms with E-state index in [1.165, 1.54) is 11.1 Å². The highest BCUT2D eigenvalue weighted by Gasteiger charge is 2.25. The molecule has 102 valence electrons. The van der Waals surface area contributed by atoms with Crippen LogP contribution in [0.2, 0.25) is 0 Å². The second kappa shape index (κ2) is 6.05. The van der Waals surface area contributed by atoms with Gasteiger partial charge in [-0.15, -0.1) is 0 Å². The molecule has 1 aromatic carbocycles. The van der Waals surface area contributed by atoms with Gasteiger partial charge in [0.25, 0.3) is 0 Å². The average Bonchev–Trinajstić information content (AvgIpc) is 2.47. The van der Waals surface area contributed by atoms with Crippen molar-refractivity contribution in [3.8, 4) is 0 Å². The highest BCUT2D eigenvalue weighted by molar-refractivity contribution is 5.93. The van der Waals surface area contributed by atoms with Crippen molar-refractivity contribution in [3.05, 3.63) is 47.0 Å². The van der Waals surface area contributed by atoms with Gasteiger partial charge in [0.05, 0.1) is 0 Å². The van der Waals surface area contributed by atoms with Gasteiger partial charge in [-0.3, -0.25) is 4.79 Å². The van der Waals surface area contributed by atoms with Crippen molar-refractivity contribution in [2.75, 3.05) is 7.05 Å².